The molecule has 3 rings (SSSR count). The van der Waals surface area contributed by atoms with Crippen LogP contribution < -0.4 is 0 Å². The van der Waals surface area contributed by atoms with Crippen molar-refractivity contribution in [3.05, 3.63) is 10.0 Å². The molecule has 106 valence electrons. The van der Waals surface area contributed by atoms with E-state index in [-0.39, 0.29) is 5.75 Å². The summed E-state index contributed by atoms with van der Waals surface area (Å²) in [5.41, 5.74) is 0. The van der Waals surface area contributed by atoms with Gasteiger partial charge in [-0.3, -0.25) is 0 Å². The van der Waals surface area contributed by atoms with Gasteiger partial charge in [-0.1, -0.05) is 0 Å². The fourth-order valence-electron chi connectivity index (χ4n) is 2.47. The minimum atomic E-state index is -3.02. The van der Waals surface area contributed by atoms with Crippen LogP contribution in [0.25, 0.3) is 0 Å². The third-order valence-corrected chi connectivity index (χ3v) is 7.07. The summed E-state index contributed by atoms with van der Waals surface area (Å²) in [6.07, 6.45) is 4.25. The van der Waals surface area contributed by atoms with E-state index in [4.69, 9.17) is 0 Å². The maximum Gasteiger partial charge on any atom is 0.213 e. The lowest BCUT2D eigenvalue weighted by atomic mass is 9.99. The van der Waals surface area contributed by atoms with E-state index >= 15 is 0 Å². The van der Waals surface area contributed by atoms with Crippen LogP contribution in [0.2, 0.25) is 0 Å². The first-order valence-electron chi connectivity index (χ1n) is 6.91. The second-order valence-corrected chi connectivity index (χ2v) is 8.62. The number of hydrogen-bond donors (Lipinski definition) is 0. The molecule has 1 saturated heterocycles. The molecule has 1 aromatic rings. The lowest BCUT2D eigenvalue weighted by Crippen LogP contribution is -2.38. The Bertz CT molecular complexity index is 543. The monoisotopic (exact) mass is 301 g/mol. The van der Waals surface area contributed by atoms with Crippen LogP contribution in [0.15, 0.2) is 0 Å². The van der Waals surface area contributed by atoms with Crippen molar-refractivity contribution in [3.63, 3.8) is 0 Å². The largest absolute Gasteiger partial charge is 0.213 e. The van der Waals surface area contributed by atoms with Crippen LogP contribution in [0.3, 0.4) is 0 Å². The number of rotatable bonds is 4. The predicted molar refractivity (Wildman–Crippen MR) is 74.9 cm³/mol. The second kappa shape index (κ2) is 5.10. The second-order valence-electron chi connectivity index (χ2n) is 5.33. The first-order chi connectivity index (χ1) is 9.10. The van der Waals surface area contributed by atoms with E-state index in [1.807, 2.05) is 0 Å². The van der Waals surface area contributed by atoms with Gasteiger partial charge in [-0.15, -0.1) is 21.5 Å². The van der Waals surface area contributed by atoms with Gasteiger partial charge in [0.2, 0.25) is 10.0 Å². The normalized spacial score (nSPS) is 22.8. The summed E-state index contributed by atoms with van der Waals surface area (Å²) in [6.45, 7) is 2.95. The first kappa shape index (κ1) is 13.5. The van der Waals surface area contributed by atoms with Crippen molar-refractivity contribution >= 4 is 21.4 Å². The highest BCUT2D eigenvalue weighted by molar-refractivity contribution is 7.89. The van der Waals surface area contributed by atoms with Gasteiger partial charge in [0, 0.05) is 24.9 Å². The summed E-state index contributed by atoms with van der Waals surface area (Å²) in [6, 6.07) is 0. The lowest BCUT2D eigenvalue weighted by molar-refractivity contribution is 0.319. The molecule has 1 aromatic heterocycles. The fraction of sp³-hybridized carbons (Fsp3) is 0.833. The summed E-state index contributed by atoms with van der Waals surface area (Å²) < 4.78 is 25.2. The average Bonchev–Trinajstić information content (AvgIpc) is 3.17. The molecule has 0 unspecified atom stereocenters. The van der Waals surface area contributed by atoms with E-state index in [0.29, 0.717) is 24.9 Å². The smallest absolute Gasteiger partial charge is 0.212 e. The van der Waals surface area contributed by atoms with Gasteiger partial charge in [-0.05, 0) is 32.6 Å². The standard InChI is InChI=1S/C12H19N3O2S2/c1-2-19(16,17)15-7-5-10(6-8-15)12-14-13-11(18-12)9-3-4-9/h9-10H,2-8H2,1H3. The van der Waals surface area contributed by atoms with Crippen molar-refractivity contribution in [2.45, 2.75) is 44.4 Å². The Balaban J connectivity index is 1.63. The average molecular weight is 301 g/mol. The SMILES string of the molecule is CCS(=O)(=O)N1CCC(c2nnc(C3CC3)s2)CC1. The lowest BCUT2D eigenvalue weighted by Gasteiger charge is -2.29. The Morgan fingerprint density at radius 2 is 1.63 bits per heavy atom. The van der Waals surface area contributed by atoms with E-state index in [9.17, 15) is 8.42 Å². The third kappa shape index (κ3) is 2.83. The van der Waals surface area contributed by atoms with Crippen molar-refractivity contribution in [1.29, 1.82) is 0 Å². The number of nitrogens with zero attached hydrogens (tertiary/aromatic N) is 3. The zero-order valence-electron chi connectivity index (χ0n) is 11.1. The van der Waals surface area contributed by atoms with Gasteiger partial charge in [0.15, 0.2) is 0 Å². The van der Waals surface area contributed by atoms with E-state index in [2.05, 4.69) is 10.2 Å². The topological polar surface area (TPSA) is 63.2 Å². The number of piperidine rings is 1. The number of sulfonamides is 1. The molecule has 1 saturated carbocycles. The van der Waals surface area contributed by atoms with Crippen molar-refractivity contribution in [2.75, 3.05) is 18.8 Å². The quantitative estimate of drug-likeness (QED) is 0.852. The molecule has 0 bridgehead atoms. The maximum absolute atomic E-state index is 11.8. The summed E-state index contributed by atoms with van der Waals surface area (Å²) in [5, 5.41) is 10.9. The molecular formula is C12H19N3O2S2. The molecule has 2 heterocycles. The molecule has 0 N–H and O–H groups in total. The highest BCUT2D eigenvalue weighted by atomic mass is 32.2. The van der Waals surface area contributed by atoms with Gasteiger partial charge in [0.25, 0.3) is 0 Å². The summed E-state index contributed by atoms with van der Waals surface area (Å²) in [4.78, 5) is 0. The Morgan fingerprint density at radius 3 is 2.11 bits per heavy atom. The van der Waals surface area contributed by atoms with Crippen molar-refractivity contribution < 1.29 is 8.42 Å². The van der Waals surface area contributed by atoms with E-state index < -0.39 is 10.0 Å². The maximum atomic E-state index is 11.8. The highest BCUT2D eigenvalue weighted by Crippen LogP contribution is 2.43. The molecule has 0 spiro atoms. The molecular weight excluding hydrogens is 282 g/mol. The molecule has 0 radical (unpaired) electrons. The molecule has 2 fully saturated rings. The molecule has 1 aliphatic heterocycles. The zero-order valence-corrected chi connectivity index (χ0v) is 12.7. The third-order valence-electron chi connectivity index (χ3n) is 3.94. The Morgan fingerprint density at radius 1 is 1.11 bits per heavy atom. The van der Waals surface area contributed by atoms with Gasteiger partial charge in [-0.2, -0.15) is 0 Å². The van der Waals surface area contributed by atoms with Crippen LogP contribution in [0, 0.1) is 0 Å². The van der Waals surface area contributed by atoms with Crippen LogP contribution in [-0.2, 0) is 10.0 Å². The molecule has 19 heavy (non-hydrogen) atoms. The predicted octanol–water partition coefficient (Wildman–Crippen LogP) is 1.94. The van der Waals surface area contributed by atoms with Crippen LogP contribution in [0.1, 0.15) is 54.5 Å². The zero-order chi connectivity index (χ0) is 13.5. The summed E-state index contributed by atoms with van der Waals surface area (Å²) >= 11 is 1.73. The van der Waals surface area contributed by atoms with Gasteiger partial charge in [0.05, 0.1) is 5.75 Å². The van der Waals surface area contributed by atoms with Gasteiger partial charge < -0.3 is 0 Å². The van der Waals surface area contributed by atoms with Crippen LogP contribution in [-0.4, -0.2) is 41.8 Å². The Kier molecular flexibility index (Phi) is 3.61. The van der Waals surface area contributed by atoms with Crippen molar-refractivity contribution in [1.82, 2.24) is 14.5 Å². The van der Waals surface area contributed by atoms with Gasteiger partial charge >= 0.3 is 0 Å². The van der Waals surface area contributed by atoms with E-state index in [1.54, 1.807) is 22.6 Å². The van der Waals surface area contributed by atoms with Crippen LogP contribution >= 0.6 is 11.3 Å². The molecule has 2 aliphatic rings. The fourth-order valence-corrected chi connectivity index (χ4v) is 4.78. The molecule has 1 aliphatic carbocycles. The Hall–Kier alpha value is -0.530. The molecule has 5 nitrogen and oxygen atoms in total. The van der Waals surface area contributed by atoms with E-state index in [1.165, 1.54) is 17.8 Å². The van der Waals surface area contributed by atoms with Crippen molar-refractivity contribution in [3.8, 4) is 0 Å². The molecule has 0 atom stereocenters. The highest BCUT2D eigenvalue weighted by Gasteiger charge is 2.31. The number of aromatic nitrogens is 2. The van der Waals surface area contributed by atoms with Crippen molar-refractivity contribution in [2.24, 2.45) is 0 Å². The molecule has 7 heteroatoms. The number of hydrogen-bond acceptors (Lipinski definition) is 5. The first-order valence-corrected chi connectivity index (χ1v) is 9.34. The van der Waals surface area contributed by atoms with Crippen LogP contribution in [0.5, 0.6) is 0 Å². The Labute approximate surface area is 118 Å². The van der Waals surface area contributed by atoms with Crippen LogP contribution in [0.4, 0.5) is 0 Å². The van der Waals surface area contributed by atoms with E-state index in [0.717, 1.165) is 17.8 Å². The van der Waals surface area contributed by atoms with Gasteiger partial charge in [0.1, 0.15) is 10.0 Å². The minimum absolute atomic E-state index is 0.197. The minimum Gasteiger partial charge on any atom is -0.212 e. The molecule has 0 amide bonds. The van der Waals surface area contributed by atoms with Gasteiger partial charge in [-0.25, -0.2) is 12.7 Å². The summed E-state index contributed by atoms with van der Waals surface area (Å²) in [5.74, 6) is 1.25. The summed E-state index contributed by atoms with van der Waals surface area (Å²) in [7, 11) is -3.02. The molecule has 0 aromatic carbocycles.